The number of guanidine groups is 1. The van der Waals surface area contributed by atoms with E-state index in [-0.39, 0.29) is 0 Å². The van der Waals surface area contributed by atoms with Gasteiger partial charge in [-0.15, -0.1) is 11.3 Å². The van der Waals surface area contributed by atoms with Crippen molar-refractivity contribution in [3.63, 3.8) is 0 Å². The van der Waals surface area contributed by atoms with Gasteiger partial charge in [0, 0.05) is 18.5 Å². The first-order valence-electron chi connectivity index (χ1n) is 4.81. The Balaban J connectivity index is 2.60. The molecule has 0 aliphatic carbocycles. The van der Waals surface area contributed by atoms with Crippen LogP contribution in [-0.4, -0.2) is 38.5 Å². The Hall–Kier alpha value is -1.07. The van der Waals surface area contributed by atoms with Gasteiger partial charge in [-0.1, -0.05) is 6.07 Å². The maximum atomic E-state index is 5.60. The van der Waals surface area contributed by atoms with Crippen LogP contribution in [0.3, 0.4) is 0 Å². The molecule has 0 bridgehead atoms. The van der Waals surface area contributed by atoms with Crippen molar-refractivity contribution in [3.05, 3.63) is 22.4 Å². The van der Waals surface area contributed by atoms with Crippen molar-refractivity contribution >= 4 is 17.3 Å². The van der Waals surface area contributed by atoms with E-state index in [1.54, 1.807) is 18.4 Å². The molecular weight excluding hydrogens is 208 g/mol. The normalized spacial score (nSPS) is 14.3. The Kier molecular flexibility index (Phi) is 4.58. The van der Waals surface area contributed by atoms with Crippen molar-refractivity contribution in [3.8, 4) is 0 Å². The molecule has 1 rings (SSSR count). The quantitative estimate of drug-likeness (QED) is 0.592. The van der Waals surface area contributed by atoms with E-state index in [0.717, 1.165) is 6.54 Å². The van der Waals surface area contributed by atoms with E-state index < -0.39 is 0 Å². The lowest BCUT2D eigenvalue weighted by atomic mass is 10.2. The van der Waals surface area contributed by atoms with Crippen LogP contribution in [-0.2, 0) is 0 Å². The number of aliphatic imine (C=N–C) groups is 1. The molecule has 0 fully saturated rings. The number of likely N-dealkylation sites (N-methyl/N-ethyl adjacent to an activating group) is 1. The van der Waals surface area contributed by atoms with Gasteiger partial charge in [0.05, 0.1) is 6.04 Å². The molecule has 1 aromatic heterocycles. The van der Waals surface area contributed by atoms with Gasteiger partial charge in [0.15, 0.2) is 5.96 Å². The molecule has 1 heterocycles. The predicted molar refractivity (Wildman–Crippen MR) is 66.3 cm³/mol. The fourth-order valence-electron chi connectivity index (χ4n) is 1.30. The molecule has 5 heteroatoms. The first kappa shape index (κ1) is 12.0. The van der Waals surface area contributed by atoms with Gasteiger partial charge in [-0.3, -0.25) is 4.99 Å². The number of hydrogen-bond donors (Lipinski definition) is 2. The molecule has 0 radical (unpaired) electrons. The highest BCUT2D eigenvalue weighted by atomic mass is 32.1. The lowest BCUT2D eigenvalue weighted by Gasteiger charge is -2.23. The lowest BCUT2D eigenvalue weighted by molar-refractivity contribution is 0.303. The third kappa shape index (κ3) is 3.53. The Bertz CT molecular complexity index is 305. The highest BCUT2D eigenvalue weighted by Crippen LogP contribution is 2.22. The van der Waals surface area contributed by atoms with Crippen LogP contribution >= 0.6 is 11.3 Å². The summed E-state index contributed by atoms with van der Waals surface area (Å²) in [6.45, 7) is 0.774. The first-order chi connectivity index (χ1) is 7.15. The Morgan fingerprint density at radius 2 is 2.40 bits per heavy atom. The van der Waals surface area contributed by atoms with E-state index in [4.69, 9.17) is 5.73 Å². The molecule has 15 heavy (non-hydrogen) atoms. The van der Waals surface area contributed by atoms with Crippen LogP contribution in [0.15, 0.2) is 22.5 Å². The largest absolute Gasteiger partial charge is 0.370 e. The van der Waals surface area contributed by atoms with Crippen molar-refractivity contribution in [2.45, 2.75) is 6.04 Å². The second-order valence-corrected chi connectivity index (χ2v) is 4.46. The molecule has 0 spiro atoms. The number of nitrogens with zero attached hydrogens (tertiary/aromatic N) is 2. The van der Waals surface area contributed by atoms with Gasteiger partial charge >= 0.3 is 0 Å². The molecule has 0 saturated heterocycles. The summed E-state index contributed by atoms with van der Waals surface area (Å²) < 4.78 is 0. The number of nitrogens with one attached hydrogen (secondary N) is 1. The highest BCUT2D eigenvalue weighted by molar-refractivity contribution is 7.10. The Labute approximate surface area is 94.8 Å². The van der Waals surface area contributed by atoms with Crippen LogP contribution in [0.1, 0.15) is 10.9 Å². The summed E-state index contributed by atoms with van der Waals surface area (Å²) in [4.78, 5) is 7.37. The van der Waals surface area contributed by atoms with E-state index in [2.05, 4.69) is 46.8 Å². The lowest BCUT2D eigenvalue weighted by Crippen LogP contribution is -2.38. The molecule has 3 N–H and O–H groups in total. The van der Waals surface area contributed by atoms with E-state index in [1.165, 1.54) is 4.88 Å². The smallest absolute Gasteiger partial charge is 0.188 e. The molecule has 0 aromatic carbocycles. The third-order valence-electron chi connectivity index (χ3n) is 2.21. The molecule has 0 amide bonds. The van der Waals surface area contributed by atoms with E-state index in [9.17, 15) is 0 Å². The van der Waals surface area contributed by atoms with E-state index in [1.807, 2.05) is 0 Å². The van der Waals surface area contributed by atoms with Crippen LogP contribution in [0.5, 0.6) is 0 Å². The number of nitrogens with two attached hydrogens (primary N) is 1. The highest BCUT2D eigenvalue weighted by Gasteiger charge is 2.14. The predicted octanol–water partition coefficient (Wildman–Crippen LogP) is 0.885. The van der Waals surface area contributed by atoms with Gasteiger partial charge in [0.25, 0.3) is 0 Å². The van der Waals surface area contributed by atoms with Crippen molar-refractivity contribution in [2.24, 2.45) is 10.7 Å². The summed E-state index contributed by atoms with van der Waals surface area (Å²) in [5, 5.41) is 5.18. The van der Waals surface area contributed by atoms with Crippen molar-refractivity contribution in [2.75, 3.05) is 27.7 Å². The van der Waals surface area contributed by atoms with Crippen LogP contribution in [0.2, 0.25) is 0 Å². The molecular formula is C10H18N4S. The zero-order chi connectivity index (χ0) is 11.3. The minimum Gasteiger partial charge on any atom is -0.370 e. The standard InChI is InChI=1S/C10H18N4S/c1-12-10(11)13-7-8(14(2)3)9-5-4-6-15-9/h4-6,8H,7H2,1-3H3,(H3,11,12,13)/t8-/m0/s1. The molecule has 1 atom stereocenters. The number of rotatable bonds is 4. The zero-order valence-electron chi connectivity index (χ0n) is 9.40. The average Bonchev–Trinajstić information content (AvgIpc) is 2.70. The van der Waals surface area contributed by atoms with Crippen molar-refractivity contribution < 1.29 is 0 Å². The molecule has 0 unspecified atom stereocenters. The van der Waals surface area contributed by atoms with Crippen molar-refractivity contribution in [1.82, 2.24) is 10.2 Å². The zero-order valence-corrected chi connectivity index (χ0v) is 10.2. The minimum atomic E-state index is 0.338. The number of hydrogen-bond acceptors (Lipinski definition) is 3. The van der Waals surface area contributed by atoms with Gasteiger partial charge in [-0.25, -0.2) is 0 Å². The van der Waals surface area contributed by atoms with Crippen LogP contribution in [0.4, 0.5) is 0 Å². The topological polar surface area (TPSA) is 53.6 Å². The Morgan fingerprint density at radius 3 is 2.87 bits per heavy atom. The van der Waals surface area contributed by atoms with Crippen LogP contribution in [0, 0.1) is 0 Å². The van der Waals surface area contributed by atoms with Crippen LogP contribution in [0.25, 0.3) is 0 Å². The van der Waals surface area contributed by atoms with E-state index >= 15 is 0 Å². The second-order valence-electron chi connectivity index (χ2n) is 3.48. The van der Waals surface area contributed by atoms with Gasteiger partial charge in [-0.2, -0.15) is 0 Å². The summed E-state index contributed by atoms with van der Waals surface area (Å²) >= 11 is 1.76. The Morgan fingerprint density at radius 1 is 1.67 bits per heavy atom. The maximum Gasteiger partial charge on any atom is 0.188 e. The fourth-order valence-corrected chi connectivity index (χ4v) is 2.22. The summed E-state index contributed by atoms with van der Waals surface area (Å²) in [6, 6.07) is 4.54. The van der Waals surface area contributed by atoms with Crippen molar-refractivity contribution in [1.29, 1.82) is 0 Å². The minimum absolute atomic E-state index is 0.338. The third-order valence-corrected chi connectivity index (χ3v) is 3.19. The number of thiophene rings is 1. The average molecular weight is 226 g/mol. The summed E-state index contributed by atoms with van der Waals surface area (Å²) in [6.07, 6.45) is 0. The summed E-state index contributed by atoms with van der Waals surface area (Å²) in [5.41, 5.74) is 5.60. The molecule has 0 aliphatic rings. The first-order valence-corrected chi connectivity index (χ1v) is 5.69. The SMILES string of the molecule is CN=C(N)NC[C@@H](c1cccs1)N(C)C. The van der Waals surface area contributed by atoms with Gasteiger partial charge in [0.2, 0.25) is 0 Å². The van der Waals surface area contributed by atoms with Gasteiger partial charge in [0.1, 0.15) is 0 Å². The van der Waals surface area contributed by atoms with E-state index in [0.29, 0.717) is 12.0 Å². The monoisotopic (exact) mass is 226 g/mol. The molecule has 1 aromatic rings. The van der Waals surface area contributed by atoms with Gasteiger partial charge in [-0.05, 0) is 25.5 Å². The second kappa shape index (κ2) is 5.72. The molecule has 84 valence electrons. The summed E-state index contributed by atoms with van der Waals surface area (Å²) in [5.74, 6) is 0.485. The van der Waals surface area contributed by atoms with Gasteiger partial charge < -0.3 is 16.0 Å². The maximum absolute atomic E-state index is 5.60. The molecule has 0 aliphatic heterocycles. The molecule has 0 saturated carbocycles. The van der Waals surface area contributed by atoms with Crippen LogP contribution < -0.4 is 11.1 Å². The fraction of sp³-hybridized carbons (Fsp3) is 0.500. The summed E-state index contributed by atoms with van der Waals surface area (Å²) in [7, 11) is 5.80. The molecule has 4 nitrogen and oxygen atoms in total.